The van der Waals surface area contributed by atoms with Gasteiger partial charge in [0.25, 0.3) is 0 Å². The Morgan fingerprint density at radius 3 is 3.23 bits per heavy atom. The predicted molar refractivity (Wildman–Crippen MR) is 48.9 cm³/mol. The van der Waals surface area contributed by atoms with Gasteiger partial charge in [0.2, 0.25) is 0 Å². The molecule has 0 bridgehead atoms. The second-order valence-corrected chi connectivity index (χ2v) is 3.20. The van der Waals surface area contributed by atoms with Gasteiger partial charge in [-0.25, -0.2) is 4.98 Å². The van der Waals surface area contributed by atoms with Crippen molar-refractivity contribution in [1.82, 2.24) is 10.3 Å². The van der Waals surface area contributed by atoms with Crippen LogP contribution in [0.25, 0.3) is 0 Å². The van der Waals surface area contributed by atoms with Crippen LogP contribution in [0.5, 0.6) is 0 Å². The van der Waals surface area contributed by atoms with E-state index in [4.69, 9.17) is 5.26 Å². The monoisotopic (exact) mass is 173 g/mol. The molecule has 3 nitrogen and oxygen atoms in total. The minimum atomic E-state index is 0.336. The number of pyridine rings is 1. The fourth-order valence-electron chi connectivity index (χ4n) is 1.74. The average molecular weight is 173 g/mol. The molecule has 1 aliphatic heterocycles. The van der Waals surface area contributed by atoms with Gasteiger partial charge in [-0.1, -0.05) is 6.07 Å². The summed E-state index contributed by atoms with van der Waals surface area (Å²) in [6.07, 6.45) is 3.96. The van der Waals surface area contributed by atoms with Crippen LogP contribution in [0.15, 0.2) is 18.3 Å². The Kier molecular flexibility index (Phi) is 2.24. The number of hydrogen-bond acceptors (Lipinski definition) is 3. The molecule has 3 heteroatoms. The summed E-state index contributed by atoms with van der Waals surface area (Å²) in [6, 6.07) is 6.32. The van der Waals surface area contributed by atoms with Crippen LogP contribution >= 0.6 is 0 Å². The molecule has 1 fully saturated rings. The Labute approximate surface area is 77.4 Å². The van der Waals surface area contributed by atoms with Crippen molar-refractivity contribution < 1.29 is 0 Å². The van der Waals surface area contributed by atoms with Crippen LogP contribution in [0.3, 0.4) is 0 Å². The smallest absolute Gasteiger partial charge is 0.145 e. The van der Waals surface area contributed by atoms with Crippen molar-refractivity contribution in [3.05, 3.63) is 29.6 Å². The molecule has 0 spiro atoms. The van der Waals surface area contributed by atoms with E-state index in [2.05, 4.69) is 16.4 Å². The standard InChI is InChI=1S/C10H11N3/c11-7-10-8(3-1-5-13-10)9-4-2-6-12-9/h1,3,5,9,12H,2,4,6H2/t9-/m1/s1. The van der Waals surface area contributed by atoms with Gasteiger partial charge in [-0.05, 0) is 25.5 Å². The summed E-state index contributed by atoms with van der Waals surface area (Å²) in [7, 11) is 0. The molecule has 1 aromatic rings. The molecule has 0 radical (unpaired) electrons. The fraction of sp³-hybridized carbons (Fsp3) is 0.400. The molecule has 2 rings (SSSR count). The van der Waals surface area contributed by atoms with Crippen molar-refractivity contribution >= 4 is 0 Å². The maximum absolute atomic E-state index is 8.84. The Bertz CT molecular complexity index is 334. The van der Waals surface area contributed by atoms with Crippen LogP contribution in [0.1, 0.15) is 30.1 Å². The summed E-state index contributed by atoms with van der Waals surface area (Å²) in [5, 5.41) is 12.2. The van der Waals surface area contributed by atoms with Crippen molar-refractivity contribution in [2.75, 3.05) is 6.54 Å². The summed E-state index contributed by atoms with van der Waals surface area (Å²) in [5.41, 5.74) is 1.60. The van der Waals surface area contributed by atoms with Gasteiger partial charge in [-0.15, -0.1) is 0 Å². The first-order valence-electron chi connectivity index (χ1n) is 4.50. The zero-order chi connectivity index (χ0) is 9.10. The molecule has 1 saturated heterocycles. The Morgan fingerprint density at radius 1 is 1.62 bits per heavy atom. The largest absolute Gasteiger partial charge is 0.310 e. The second kappa shape index (κ2) is 3.55. The minimum absolute atomic E-state index is 0.336. The van der Waals surface area contributed by atoms with Gasteiger partial charge in [0.05, 0.1) is 0 Å². The van der Waals surface area contributed by atoms with Gasteiger partial charge >= 0.3 is 0 Å². The predicted octanol–water partition coefficient (Wildman–Crippen LogP) is 1.38. The van der Waals surface area contributed by atoms with Gasteiger partial charge in [-0.3, -0.25) is 0 Å². The van der Waals surface area contributed by atoms with E-state index in [0.717, 1.165) is 18.5 Å². The van der Waals surface area contributed by atoms with Crippen molar-refractivity contribution in [1.29, 1.82) is 5.26 Å². The number of hydrogen-bond donors (Lipinski definition) is 1. The number of nitrogens with zero attached hydrogens (tertiary/aromatic N) is 2. The van der Waals surface area contributed by atoms with Crippen LogP contribution in [-0.4, -0.2) is 11.5 Å². The molecule has 66 valence electrons. The summed E-state index contributed by atoms with van der Waals surface area (Å²) in [4.78, 5) is 4.04. The Hall–Kier alpha value is -1.40. The van der Waals surface area contributed by atoms with E-state index in [1.54, 1.807) is 6.20 Å². The molecule has 1 N–H and O–H groups in total. The van der Waals surface area contributed by atoms with Gasteiger partial charge in [0.15, 0.2) is 0 Å². The highest BCUT2D eigenvalue weighted by molar-refractivity contribution is 5.33. The summed E-state index contributed by atoms with van der Waals surface area (Å²) in [5.74, 6) is 0. The van der Waals surface area contributed by atoms with E-state index in [0.29, 0.717) is 11.7 Å². The fourth-order valence-corrected chi connectivity index (χ4v) is 1.74. The molecule has 1 aliphatic rings. The minimum Gasteiger partial charge on any atom is -0.310 e. The molecule has 13 heavy (non-hydrogen) atoms. The molecule has 0 aliphatic carbocycles. The SMILES string of the molecule is N#Cc1ncccc1[C@H]1CCCN1. The number of nitriles is 1. The first kappa shape index (κ1) is 8.21. The zero-order valence-corrected chi connectivity index (χ0v) is 7.33. The Balaban J connectivity index is 2.33. The van der Waals surface area contributed by atoms with E-state index in [1.807, 2.05) is 12.1 Å². The third-order valence-corrected chi connectivity index (χ3v) is 2.38. The molecular weight excluding hydrogens is 162 g/mol. The third-order valence-electron chi connectivity index (χ3n) is 2.38. The van der Waals surface area contributed by atoms with Gasteiger partial charge in [-0.2, -0.15) is 5.26 Å². The highest BCUT2D eigenvalue weighted by Gasteiger charge is 2.19. The van der Waals surface area contributed by atoms with Crippen molar-refractivity contribution in [2.45, 2.75) is 18.9 Å². The highest BCUT2D eigenvalue weighted by Crippen LogP contribution is 2.24. The average Bonchev–Trinajstić information content (AvgIpc) is 2.70. The number of aromatic nitrogens is 1. The van der Waals surface area contributed by atoms with Crippen molar-refractivity contribution in [2.24, 2.45) is 0 Å². The molecular formula is C10H11N3. The molecule has 0 aromatic carbocycles. The zero-order valence-electron chi connectivity index (χ0n) is 7.33. The van der Waals surface area contributed by atoms with Gasteiger partial charge < -0.3 is 5.32 Å². The number of rotatable bonds is 1. The molecule has 0 unspecified atom stereocenters. The first-order chi connectivity index (χ1) is 6.42. The summed E-state index contributed by atoms with van der Waals surface area (Å²) in [6.45, 7) is 1.05. The summed E-state index contributed by atoms with van der Waals surface area (Å²) < 4.78 is 0. The normalized spacial score (nSPS) is 21.3. The lowest BCUT2D eigenvalue weighted by molar-refractivity contribution is 0.643. The maximum atomic E-state index is 8.84. The molecule has 1 aromatic heterocycles. The van der Waals surface area contributed by atoms with Crippen LogP contribution < -0.4 is 5.32 Å². The lowest BCUT2D eigenvalue weighted by atomic mass is 10.0. The second-order valence-electron chi connectivity index (χ2n) is 3.20. The topological polar surface area (TPSA) is 48.7 Å². The lowest BCUT2D eigenvalue weighted by Gasteiger charge is -2.10. The van der Waals surface area contributed by atoms with Crippen LogP contribution in [0.4, 0.5) is 0 Å². The molecule has 2 heterocycles. The van der Waals surface area contributed by atoms with Gasteiger partial charge in [0, 0.05) is 17.8 Å². The maximum Gasteiger partial charge on any atom is 0.145 e. The molecule has 1 atom stereocenters. The third kappa shape index (κ3) is 1.53. The highest BCUT2D eigenvalue weighted by atomic mass is 14.9. The number of nitrogens with one attached hydrogen (secondary N) is 1. The van der Waals surface area contributed by atoms with Crippen LogP contribution in [-0.2, 0) is 0 Å². The van der Waals surface area contributed by atoms with E-state index in [1.165, 1.54) is 6.42 Å². The van der Waals surface area contributed by atoms with Crippen LogP contribution in [0.2, 0.25) is 0 Å². The van der Waals surface area contributed by atoms with Crippen molar-refractivity contribution in [3.8, 4) is 6.07 Å². The summed E-state index contributed by atoms with van der Waals surface area (Å²) >= 11 is 0. The van der Waals surface area contributed by atoms with E-state index in [9.17, 15) is 0 Å². The van der Waals surface area contributed by atoms with Gasteiger partial charge in [0.1, 0.15) is 11.8 Å². The molecule has 0 amide bonds. The van der Waals surface area contributed by atoms with E-state index >= 15 is 0 Å². The van der Waals surface area contributed by atoms with E-state index in [-0.39, 0.29) is 0 Å². The lowest BCUT2D eigenvalue weighted by Crippen LogP contribution is -2.14. The van der Waals surface area contributed by atoms with Crippen molar-refractivity contribution in [3.63, 3.8) is 0 Å². The quantitative estimate of drug-likeness (QED) is 0.698. The Morgan fingerprint density at radius 2 is 2.54 bits per heavy atom. The van der Waals surface area contributed by atoms with Crippen LogP contribution in [0, 0.1) is 11.3 Å². The van der Waals surface area contributed by atoms with E-state index < -0.39 is 0 Å². The first-order valence-corrected chi connectivity index (χ1v) is 4.50. The molecule has 0 saturated carbocycles.